The molecule has 4 nitrogen and oxygen atoms in total. The summed E-state index contributed by atoms with van der Waals surface area (Å²) in [5.74, 6) is -0.284. The molecule has 0 amide bonds. The molecule has 1 fully saturated rings. The number of carbonyl (C=O) groups excluding carboxylic acids is 1. The van der Waals surface area contributed by atoms with Crippen LogP contribution < -0.4 is 0 Å². The van der Waals surface area contributed by atoms with Gasteiger partial charge in [0.05, 0.1) is 13.2 Å². The summed E-state index contributed by atoms with van der Waals surface area (Å²) >= 11 is 0. The van der Waals surface area contributed by atoms with Gasteiger partial charge in [-0.25, -0.2) is 4.79 Å². The third-order valence-corrected chi connectivity index (χ3v) is 1.79. The summed E-state index contributed by atoms with van der Waals surface area (Å²) in [5.41, 5.74) is 0. The van der Waals surface area contributed by atoms with E-state index in [0.717, 1.165) is 12.8 Å². The summed E-state index contributed by atoms with van der Waals surface area (Å²) in [4.78, 5) is 11.3. The van der Waals surface area contributed by atoms with Crippen molar-refractivity contribution in [2.75, 3.05) is 13.2 Å². The summed E-state index contributed by atoms with van der Waals surface area (Å²) < 4.78 is 14.8. The highest BCUT2D eigenvalue weighted by molar-refractivity contribution is 5.74. The van der Waals surface area contributed by atoms with Crippen LogP contribution in [0.2, 0.25) is 0 Å². The van der Waals surface area contributed by atoms with Crippen LogP contribution in [0.1, 0.15) is 26.2 Å². The lowest BCUT2D eigenvalue weighted by atomic mass is 10.2. The molecule has 0 N–H and O–H groups in total. The molecule has 4 heteroatoms. The maximum atomic E-state index is 11.3. The predicted molar refractivity (Wildman–Crippen MR) is 45.6 cm³/mol. The van der Waals surface area contributed by atoms with E-state index in [0.29, 0.717) is 19.6 Å². The van der Waals surface area contributed by atoms with Gasteiger partial charge in [-0.1, -0.05) is 13.3 Å². The lowest BCUT2D eigenvalue weighted by Crippen LogP contribution is -2.31. The van der Waals surface area contributed by atoms with Crippen LogP contribution >= 0.6 is 0 Å². The van der Waals surface area contributed by atoms with Crippen molar-refractivity contribution in [1.29, 1.82) is 0 Å². The predicted octanol–water partition coefficient (Wildman–Crippen LogP) is 1.25. The van der Waals surface area contributed by atoms with Crippen LogP contribution in [-0.2, 0) is 19.0 Å². The van der Waals surface area contributed by atoms with Crippen molar-refractivity contribution in [2.24, 2.45) is 0 Å². The molecule has 1 aliphatic rings. The largest absolute Gasteiger partial charge is 0.464 e. The molecule has 1 rings (SSSR count). The van der Waals surface area contributed by atoms with Crippen LogP contribution in [0.15, 0.2) is 0 Å². The highest BCUT2D eigenvalue weighted by Crippen LogP contribution is 2.10. The topological polar surface area (TPSA) is 44.8 Å². The molecule has 0 saturated carbocycles. The van der Waals surface area contributed by atoms with Crippen LogP contribution in [0.5, 0.6) is 0 Å². The molecule has 13 heavy (non-hydrogen) atoms. The fourth-order valence-corrected chi connectivity index (χ4v) is 0.981. The molecule has 1 saturated heterocycles. The van der Waals surface area contributed by atoms with Gasteiger partial charge in [-0.05, 0) is 6.42 Å². The molecule has 1 atom stereocenters. The van der Waals surface area contributed by atoms with Crippen molar-refractivity contribution in [3.63, 3.8) is 0 Å². The van der Waals surface area contributed by atoms with Gasteiger partial charge in [0.15, 0.2) is 6.10 Å². The molecule has 0 aromatic carbocycles. The van der Waals surface area contributed by atoms with Gasteiger partial charge in [0, 0.05) is 6.42 Å². The van der Waals surface area contributed by atoms with E-state index in [-0.39, 0.29) is 5.97 Å². The second kappa shape index (κ2) is 5.94. The Kier molecular flexibility index (Phi) is 4.78. The minimum Gasteiger partial charge on any atom is -0.464 e. The number of unbranched alkanes of at least 4 members (excludes halogenated alkanes) is 1. The van der Waals surface area contributed by atoms with Crippen molar-refractivity contribution in [3.05, 3.63) is 6.79 Å². The zero-order valence-corrected chi connectivity index (χ0v) is 7.82. The number of ether oxygens (including phenoxy) is 3. The summed E-state index contributed by atoms with van der Waals surface area (Å²) in [6, 6.07) is 0. The Balaban J connectivity index is 2.13. The Morgan fingerprint density at radius 1 is 1.69 bits per heavy atom. The average Bonchev–Trinajstić information content (AvgIpc) is 2.19. The van der Waals surface area contributed by atoms with Crippen molar-refractivity contribution >= 4 is 5.97 Å². The Morgan fingerprint density at radius 3 is 3.15 bits per heavy atom. The summed E-state index contributed by atoms with van der Waals surface area (Å²) in [6.45, 7) is 4.26. The van der Waals surface area contributed by atoms with Crippen LogP contribution in [0.25, 0.3) is 0 Å². The number of esters is 1. The minimum absolute atomic E-state index is 0.284. The highest BCUT2D eigenvalue weighted by Gasteiger charge is 2.23. The molecule has 0 bridgehead atoms. The van der Waals surface area contributed by atoms with Gasteiger partial charge in [-0.15, -0.1) is 0 Å². The van der Waals surface area contributed by atoms with Crippen LogP contribution in [0.3, 0.4) is 0 Å². The maximum Gasteiger partial charge on any atom is 0.335 e. The highest BCUT2D eigenvalue weighted by atomic mass is 16.7. The minimum atomic E-state index is -0.467. The lowest BCUT2D eigenvalue weighted by molar-refractivity contribution is -0.167. The SMILES string of the molecule is CCCCOC(=O)C1CCO[CH]O1. The number of rotatable bonds is 4. The quantitative estimate of drug-likeness (QED) is 0.491. The summed E-state index contributed by atoms with van der Waals surface area (Å²) in [5, 5.41) is 0. The molecule has 1 unspecified atom stereocenters. The second-order valence-electron chi connectivity index (χ2n) is 2.90. The first-order valence-corrected chi connectivity index (χ1v) is 4.60. The number of carbonyl (C=O) groups is 1. The molecule has 75 valence electrons. The van der Waals surface area contributed by atoms with Crippen LogP contribution in [0.4, 0.5) is 0 Å². The van der Waals surface area contributed by atoms with E-state index in [1.165, 1.54) is 6.79 Å². The molecular formula is C9H15O4. The van der Waals surface area contributed by atoms with E-state index in [1.54, 1.807) is 0 Å². The van der Waals surface area contributed by atoms with E-state index in [1.807, 2.05) is 6.92 Å². The first kappa shape index (κ1) is 10.5. The van der Waals surface area contributed by atoms with Gasteiger partial charge < -0.3 is 14.2 Å². The lowest BCUT2D eigenvalue weighted by Gasteiger charge is -2.20. The molecule has 0 spiro atoms. The molecule has 1 aliphatic heterocycles. The molecule has 0 aromatic rings. The molecular weight excluding hydrogens is 172 g/mol. The Bertz CT molecular complexity index is 152. The van der Waals surface area contributed by atoms with E-state index in [9.17, 15) is 4.79 Å². The van der Waals surface area contributed by atoms with E-state index < -0.39 is 6.10 Å². The fourth-order valence-electron chi connectivity index (χ4n) is 0.981. The molecule has 1 heterocycles. The zero-order valence-electron chi connectivity index (χ0n) is 7.82. The maximum absolute atomic E-state index is 11.3. The van der Waals surface area contributed by atoms with Gasteiger partial charge in [0.1, 0.15) is 0 Å². The van der Waals surface area contributed by atoms with E-state index in [2.05, 4.69) is 0 Å². The Labute approximate surface area is 78.2 Å². The third kappa shape index (κ3) is 3.74. The first-order chi connectivity index (χ1) is 6.34. The van der Waals surface area contributed by atoms with Gasteiger partial charge in [-0.3, -0.25) is 0 Å². The molecule has 1 radical (unpaired) electrons. The first-order valence-electron chi connectivity index (χ1n) is 4.60. The standard InChI is InChI=1S/C9H15O4/c1-2-3-5-12-9(10)8-4-6-11-7-13-8/h7-8H,2-6H2,1H3. The van der Waals surface area contributed by atoms with Gasteiger partial charge in [0.25, 0.3) is 0 Å². The Hall–Kier alpha value is -0.610. The van der Waals surface area contributed by atoms with E-state index >= 15 is 0 Å². The Morgan fingerprint density at radius 2 is 2.54 bits per heavy atom. The van der Waals surface area contributed by atoms with Crippen molar-refractivity contribution in [1.82, 2.24) is 0 Å². The fraction of sp³-hybridized carbons (Fsp3) is 0.778. The van der Waals surface area contributed by atoms with Crippen molar-refractivity contribution in [3.8, 4) is 0 Å². The smallest absolute Gasteiger partial charge is 0.335 e. The number of hydrogen-bond donors (Lipinski definition) is 0. The monoisotopic (exact) mass is 187 g/mol. The summed E-state index contributed by atoms with van der Waals surface area (Å²) in [6.07, 6.45) is 2.03. The molecule has 0 aromatic heterocycles. The van der Waals surface area contributed by atoms with Gasteiger partial charge >= 0.3 is 5.97 Å². The summed E-state index contributed by atoms with van der Waals surface area (Å²) in [7, 11) is 0. The average molecular weight is 187 g/mol. The van der Waals surface area contributed by atoms with Crippen LogP contribution in [-0.4, -0.2) is 25.3 Å². The van der Waals surface area contributed by atoms with Crippen LogP contribution in [0, 0.1) is 6.79 Å². The van der Waals surface area contributed by atoms with Gasteiger partial charge in [0.2, 0.25) is 6.79 Å². The third-order valence-electron chi connectivity index (χ3n) is 1.79. The van der Waals surface area contributed by atoms with E-state index in [4.69, 9.17) is 14.2 Å². The molecule has 0 aliphatic carbocycles. The van der Waals surface area contributed by atoms with Gasteiger partial charge in [-0.2, -0.15) is 0 Å². The number of hydrogen-bond acceptors (Lipinski definition) is 4. The second-order valence-corrected chi connectivity index (χ2v) is 2.90. The normalized spacial score (nSPS) is 22.7. The van der Waals surface area contributed by atoms with Crippen molar-refractivity contribution < 1.29 is 19.0 Å². The zero-order chi connectivity index (χ0) is 9.52. The van der Waals surface area contributed by atoms with Crippen molar-refractivity contribution in [2.45, 2.75) is 32.3 Å².